The number of carbonyl (C=O) groups is 1. The molecule has 0 spiro atoms. The van der Waals surface area contributed by atoms with Crippen LogP contribution in [0.2, 0.25) is 0 Å². The van der Waals surface area contributed by atoms with E-state index in [2.05, 4.69) is 5.32 Å². The number of rotatable bonds is 12. The molecule has 0 aliphatic carbocycles. The fourth-order valence-electron chi connectivity index (χ4n) is 3.86. The first-order valence-corrected chi connectivity index (χ1v) is 12.1. The van der Waals surface area contributed by atoms with Gasteiger partial charge >= 0.3 is 0 Å². The summed E-state index contributed by atoms with van der Waals surface area (Å²) in [5, 5.41) is 52.5. The number of benzene rings is 2. The highest BCUT2D eigenvalue weighted by Crippen LogP contribution is 2.25. The van der Waals surface area contributed by atoms with Crippen LogP contribution < -0.4 is 10.1 Å². The highest BCUT2D eigenvalue weighted by Gasteiger charge is 2.45. The van der Waals surface area contributed by atoms with Crippen LogP contribution in [0.25, 0.3) is 0 Å². The lowest BCUT2D eigenvalue weighted by Crippen LogP contribution is -2.59. The maximum Gasteiger partial charge on any atom is 0.224 e. The summed E-state index contributed by atoms with van der Waals surface area (Å²) in [6.07, 6.45) is -11.1. The smallest absolute Gasteiger partial charge is 0.224 e. The molecule has 3 rings (SSSR count). The van der Waals surface area contributed by atoms with Gasteiger partial charge in [0.1, 0.15) is 35.9 Å². The van der Waals surface area contributed by atoms with Crippen molar-refractivity contribution in [3.63, 3.8) is 0 Å². The topological polar surface area (TPSA) is 158 Å². The molecule has 6 N–H and O–H groups in total. The molecule has 1 amide bonds. The maximum absolute atomic E-state index is 14.0. The van der Waals surface area contributed by atoms with E-state index in [-0.39, 0.29) is 12.8 Å². The van der Waals surface area contributed by atoms with Crippen molar-refractivity contribution in [2.75, 3.05) is 13.2 Å². The number of alkyl halides is 1. The molecule has 0 aromatic heterocycles. The van der Waals surface area contributed by atoms with Gasteiger partial charge in [-0.3, -0.25) is 4.79 Å². The Hall–Kier alpha value is -2.64. The van der Waals surface area contributed by atoms with Crippen LogP contribution in [-0.4, -0.2) is 93.7 Å². The summed E-state index contributed by atoms with van der Waals surface area (Å²) >= 11 is 0. The third-order valence-electron chi connectivity index (χ3n) is 6.08. The second-order valence-corrected chi connectivity index (χ2v) is 8.86. The Morgan fingerprint density at radius 3 is 2.32 bits per heavy atom. The van der Waals surface area contributed by atoms with Crippen LogP contribution in [0.4, 0.5) is 4.39 Å². The van der Waals surface area contributed by atoms with E-state index < -0.39 is 68.1 Å². The van der Waals surface area contributed by atoms with Crippen molar-refractivity contribution in [1.29, 1.82) is 0 Å². The van der Waals surface area contributed by atoms with Gasteiger partial charge in [-0.1, -0.05) is 37.3 Å². The molecule has 1 heterocycles. The van der Waals surface area contributed by atoms with Gasteiger partial charge in [0.15, 0.2) is 12.5 Å². The molecule has 8 atom stereocenters. The second-order valence-electron chi connectivity index (χ2n) is 8.86. The Balaban J connectivity index is 1.60. The quantitative estimate of drug-likeness (QED) is 0.232. The minimum absolute atomic E-state index is 0.0472. The molecule has 0 radical (unpaired) electrons. The average molecular weight is 524 g/mol. The summed E-state index contributed by atoms with van der Waals surface area (Å²) in [5.74, 6) is 0.786. The number of hydrogen-bond donors (Lipinski definition) is 6. The summed E-state index contributed by atoms with van der Waals surface area (Å²) in [7, 11) is 0. The van der Waals surface area contributed by atoms with Crippen molar-refractivity contribution < 1.29 is 48.9 Å². The molecule has 1 aliphatic rings. The van der Waals surface area contributed by atoms with E-state index in [1.807, 2.05) is 30.3 Å². The Morgan fingerprint density at radius 2 is 1.70 bits per heavy atom. The predicted octanol–water partition coefficient (Wildman–Crippen LogP) is 0.432. The van der Waals surface area contributed by atoms with Crippen molar-refractivity contribution in [2.24, 2.45) is 0 Å². The van der Waals surface area contributed by atoms with E-state index in [1.165, 1.54) is 0 Å². The van der Waals surface area contributed by atoms with Crippen molar-refractivity contribution in [3.05, 3.63) is 60.2 Å². The van der Waals surface area contributed by atoms with Crippen molar-refractivity contribution in [2.45, 2.75) is 68.8 Å². The first-order chi connectivity index (χ1) is 17.7. The molecule has 2 aromatic carbocycles. The SMILES string of the molecule is CC[C@@H](O)[C@@H](O)[C@H](CO[C@H]1OC(CO)[C@@H](F)C(O)[C@@H]1O)NC(=O)Cc1ccc(Oc2ccccc2)cc1. The van der Waals surface area contributed by atoms with E-state index in [0.29, 0.717) is 17.1 Å². The highest BCUT2D eigenvalue weighted by molar-refractivity contribution is 5.79. The Labute approximate surface area is 214 Å². The third-order valence-corrected chi connectivity index (χ3v) is 6.08. The zero-order valence-corrected chi connectivity index (χ0v) is 20.4. The number of ether oxygens (including phenoxy) is 3. The molecule has 2 aromatic rings. The van der Waals surface area contributed by atoms with E-state index >= 15 is 0 Å². The van der Waals surface area contributed by atoms with Gasteiger partial charge < -0.3 is 45.1 Å². The molecule has 1 fully saturated rings. The highest BCUT2D eigenvalue weighted by atomic mass is 19.1. The molecular weight excluding hydrogens is 489 g/mol. The first-order valence-electron chi connectivity index (χ1n) is 12.1. The fourth-order valence-corrected chi connectivity index (χ4v) is 3.86. The van der Waals surface area contributed by atoms with Crippen LogP contribution in [0, 0.1) is 0 Å². The fraction of sp³-hybridized carbons (Fsp3) is 0.500. The van der Waals surface area contributed by atoms with Gasteiger partial charge in [0, 0.05) is 0 Å². The minimum Gasteiger partial charge on any atom is -0.457 e. The van der Waals surface area contributed by atoms with Gasteiger partial charge in [-0.05, 0) is 36.2 Å². The number of nitrogens with one attached hydrogen (secondary N) is 1. The monoisotopic (exact) mass is 523 g/mol. The Kier molecular flexibility index (Phi) is 10.8. The first kappa shape index (κ1) is 28.9. The normalized spacial score (nSPS) is 26.2. The molecule has 0 saturated carbocycles. The Morgan fingerprint density at radius 1 is 1.05 bits per heavy atom. The maximum atomic E-state index is 14.0. The van der Waals surface area contributed by atoms with Gasteiger partial charge in [0.05, 0.1) is 31.8 Å². The van der Waals surface area contributed by atoms with Crippen molar-refractivity contribution in [1.82, 2.24) is 5.32 Å². The minimum atomic E-state index is -2.02. The Bertz CT molecular complexity index is 962. The van der Waals surface area contributed by atoms with Gasteiger partial charge in [-0.25, -0.2) is 4.39 Å². The molecule has 1 saturated heterocycles. The molecule has 10 nitrogen and oxygen atoms in total. The van der Waals surface area contributed by atoms with Crippen LogP contribution in [-0.2, 0) is 20.7 Å². The molecule has 0 bridgehead atoms. The summed E-state index contributed by atoms with van der Waals surface area (Å²) in [5.41, 5.74) is 0.664. The molecular formula is C26H34FNO9. The van der Waals surface area contributed by atoms with E-state index in [4.69, 9.17) is 14.2 Å². The van der Waals surface area contributed by atoms with Gasteiger partial charge in [-0.15, -0.1) is 0 Å². The molecule has 204 valence electrons. The molecule has 11 heteroatoms. The number of para-hydroxylation sites is 1. The largest absolute Gasteiger partial charge is 0.457 e. The lowest BCUT2D eigenvalue weighted by Gasteiger charge is -2.39. The van der Waals surface area contributed by atoms with E-state index in [1.54, 1.807) is 31.2 Å². The zero-order chi connectivity index (χ0) is 26.9. The zero-order valence-electron chi connectivity index (χ0n) is 20.4. The van der Waals surface area contributed by atoms with Crippen LogP contribution in [0.3, 0.4) is 0 Å². The molecule has 2 unspecified atom stereocenters. The summed E-state index contributed by atoms with van der Waals surface area (Å²) in [6, 6.07) is 15.0. The summed E-state index contributed by atoms with van der Waals surface area (Å²) < 4.78 is 30.3. The number of halogens is 1. The lowest BCUT2D eigenvalue weighted by atomic mass is 10.0. The number of hydrogen-bond acceptors (Lipinski definition) is 9. The van der Waals surface area contributed by atoms with Gasteiger partial charge in [-0.2, -0.15) is 0 Å². The summed E-state index contributed by atoms with van der Waals surface area (Å²) in [4.78, 5) is 12.7. The second kappa shape index (κ2) is 13.8. The van der Waals surface area contributed by atoms with Crippen molar-refractivity contribution >= 4 is 5.91 Å². The van der Waals surface area contributed by atoms with Gasteiger partial charge in [0.25, 0.3) is 0 Å². The average Bonchev–Trinajstić information content (AvgIpc) is 2.91. The number of aliphatic hydroxyl groups is 5. The molecule has 1 aliphatic heterocycles. The number of amides is 1. The van der Waals surface area contributed by atoms with E-state index in [9.17, 15) is 34.7 Å². The van der Waals surface area contributed by atoms with E-state index in [0.717, 1.165) is 0 Å². The third kappa shape index (κ3) is 7.92. The van der Waals surface area contributed by atoms with Crippen LogP contribution >= 0.6 is 0 Å². The number of aliphatic hydroxyl groups excluding tert-OH is 5. The van der Waals surface area contributed by atoms with Gasteiger partial charge in [0.2, 0.25) is 5.91 Å². The van der Waals surface area contributed by atoms with Crippen LogP contribution in [0.5, 0.6) is 11.5 Å². The lowest BCUT2D eigenvalue weighted by molar-refractivity contribution is -0.293. The van der Waals surface area contributed by atoms with Crippen LogP contribution in [0.15, 0.2) is 54.6 Å². The van der Waals surface area contributed by atoms with Crippen LogP contribution in [0.1, 0.15) is 18.9 Å². The molecule has 37 heavy (non-hydrogen) atoms. The summed E-state index contributed by atoms with van der Waals surface area (Å²) in [6.45, 7) is 0.457. The predicted molar refractivity (Wildman–Crippen MR) is 130 cm³/mol. The standard InChI is InChI=1S/C26H34FNO9/c1-2-19(30)23(32)18(14-35-26-25(34)24(33)22(27)20(13-29)37-26)28-21(31)12-15-8-10-17(11-9-15)36-16-6-4-3-5-7-16/h3-11,18-20,22-26,29-30,32-34H,2,12-14H2,1H3,(H,28,31)/t18-,19+,20?,22+,23-,24?,25-,26-/m0/s1. The van der Waals surface area contributed by atoms with Crippen molar-refractivity contribution in [3.8, 4) is 11.5 Å². The number of carbonyl (C=O) groups excluding carboxylic acids is 1.